The summed E-state index contributed by atoms with van der Waals surface area (Å²) in [6.45, 7) is 3.81. The van der Waals surface area contributed by atoms with Gasteiger partial charge in [0, 0.05) is 11.3 Å². The van der Waals surface area contributed by atoms with Gasteiger partial charge in [-0.15, -0.1) is 0 Å². The molecule has 0 saturated carbocycles. The minimum Gasteiger partial charge on any atom is -0.389 e. The van der Waals surface area contributed by atoms with Crippen LogP contribution in [0.5, 0.6) is 0 Å². The molecule has 0 radical (unpaired) electrons. The third-order valence-corrected chi connectivity index (χ3v) is 3.14. The van der Waals surface area contributed by atoms with Gasteiger partial charge in [-0.2, -0.15) is 0 Å². The Kier molecular flexibility index (Phi) is 3.81. The zero-order valence-electron chi connectivity index (χ0n) is 10.8. The summed E-state index contributed by atoms with van der Waals surface area (Å²) in [6.07, 6.45) is 0. The van der Waals surface area contributed by atoms with Gasteiger partial charge in [-0.05, 0) is 37.6 Å². The number of rotatable bonds is 3. The van der Waals surface area contributed by atoms with Crippen LogP contribution in [0.25, 0.3) is 0 Å². The smallest absolute Gasteiger partial charge is 0.146 e. The fraction of sp³-hybridized carbons (Fsp3) is 0.133. The van der Waals surface area contributed by atoms with E-state index < -0.39 is 0 Å². The van der Waals surface area contributed by atoms with Gasteiger partial charge in [0.25, 0.3) is 0 Å². The lowest BCUT2D eigenvalue weighted by atomic mass is 10.1. The highest BCUT2D eigenvalue weighted by Gasteiger charge is 2.10. The number of halogens is 1. The van der Waals surface area contributed by atoms with Gasteiger partial charge in [-0.25, -0.2) is 4.39 Å². The standard InChI is InChI=1S/C15H15FN2S/c1-9-6-7-13(11(8-9)15(17)19)18-14-10(2)4-3-5-12(14)16/h3-8,18H,1-2H3,(H2,17,19). The van der Waals surface area contributed by atoms with Crippen LogP contribution in [0.3, 0.4) is 0 Å². The van der Waals surface area contributed by atoms with Crippen molar-refractivity contribution >= 4 is 28.6 Å². The molecule has 4 heteroatoms. The van der Waals surface area contributed by atoms with Gasteiger partial charge < -0.3 is 11.1 Å². The molecule has 3 N–H and O–H groups in total. The Morgan fingerprint density at radius 1 is 1.21 bits per heavy atom. The summed E-state index contributed by atoms with van der Waals surface area (Å²) in [6, 6.07) is 10.6. The van der Waals surface area contributed by atoms with Gasteiger partial charge in [0.2, 0.25) is 0 Å². The molecule has 0 aliphatic carbocycles. The van der Waals surface area contributed by atoms with E-state index >= 15 is 0 Å². The summed E-state index contributed by atoms with van der Waals surface area (Å²) < 4.78 is 13.8. The van der Waals surface area contributed by atoms with Gasteiger partial charge >= 0.3 is 0 Å². The second-order valence-corrected chi connectivity index (χ2v) is 4.91. The number of nitrogens with two attached hydrogens (primary N) is 1. The van der Waals surface area contributed by atoms with Crippen molar-refractivity contribution < 1.29 is 4.39 Å². The van der Waals surface area contributed by atoms with Crippen molar-refractivity contribution in [2.75, 3.05) is 5.32 Å². The molecule has 0 fully saturated rings. The van der Waals surface area contributed by atoms with Crippen molar-refractivity contribution in [3.8, 4) is 0 Å². The molecule has 2 nitrogen and oxygen atoms in total. The number of benzene rings is 2. The Hall–Kier alpha value is -1.94. The lowest BCUT2D eigenvalue weighted by Crippen LogP contribution is -2.12. The molecule has 0 unspecified atom stereocenters. The lowest BCUT2D eigenvalue weighted by Gasteiger charge is -2.14. The highest BCUT2D eigenvalue weighted by Crippen LogP contribution is 2.26. The summed E-state index contributed by atoms with van der Waals surface area (Å²) >= 11 is 5.04. The predicted molar refractivity (Wildman–Crippen MR) is 81.5 cm³/mol. The van der Waals surface area contributed by atoms with E-state index in [1.165, 1.54) is 6.07 Å². The number of anilines is 2. The first-order valence-electron chi connectivity index (χ1n) is 5.91. The second kappa shape index (κ2) is 5.36. The first-order chi connectivity index (χ1) is 8.99. The van der Waals surface area contributed by atoms with Crippen molar-refractivity contribution in [3.05, 3.63) is 58.9 Å². The van der Waals surface area contributed by atoms with Crippen LogP contribution in [0.15, 0.2) is 36.4 Å². The Labute approximate surface area is 117 Å². The minimum atomic E-state index is -0.297. The zero-order chi connectivity index (χ0) is 14.0. The summed E-state index contributed by atoms with van der Waals surface area (Å²) in [7, 11) is 0. The first-order valence-corrected chi connectivity index (χ1v) is 6.32. The van der Waals surface area contributed by atoms with E-state index in [9.17, 15) is 4.39 Å². The fourth-order valence-corrected chi connectivity index (χ4v) is 2.06. The Bertz CT molecular complexity index is 618. The molecule has 0 bridgehead atoms. The SMILES string of the molecule is Cc1ccc(Nc2c(C)cccc2F)c(C(N)=S)c1. The van der Waals surface area contributed by atoms with E-state index in [2.05, 4.69) is 5.32 Å². The number of aryl methyl sites for hydroxylation is 2. The molecule has 19 heavy (non-hydrogen) atoms. The summed E-state index contributed by atoms with van der Waals surface area (Å²) in [5, 5.41) is 3.08. The Morgan fingerprint density at radius 2 is 1.95 bits per heavy atom. The van der Waals surface area contributed by atoms with Crippen molar-refractivity contribution in [3.63, 3.8) is 0 Å². The maximum Gasteiger partial charge on any atom is 0.146 e. The first kappa shape index (κ1) is 13.5. The number of thiocarbonyl (C=S) groups is 1. The number of hydrogen-bond acceptors (Lipinski definition) is 2. The molecule has 0 amide bonds. The molecule has 0 aliphatic heterocycles. The van der Waals surface area contributed by atoms with Crippen LogP contribution >= 0.6 is 12.2 Å². The van der Waals surface area contributed by atoms with Crippen LogP contribution in [-0.4, -0.2) is 4.99 Å². The lowest BCUT2D eigenvalue weighted by molar-refractivity contribution is 0.631. The largest absolute Gasteiger partial charge is 0.389 e. The van der Waals surface area contributed by atoms with Gasteiger partial charge in [-0.3, -0.25) is 0 Å². The fourth-order valence-electron chi connectivity index (χ4n) is 1.90. The molecule has 0 atom stereocenters. The predicted octanol–water partition coefficient (Wildman–Crippen LogP) is 3.82. The summed E-state index contributed by atoms with van der Waals surface area (Å²) in [5.41, 5.74) is 9.48. The molecular weight excluding hydrogens is 259 g/mol. The van der Waals surface area contributed by atoms with Gasteiger partial charge in [0.05, 0.1) is 5.69 Å². The molecular formula is C15H15FN2S. The Morgan fingerprint density at radius 3 is 2.58 bits per heavy atom. The third kappa shape index (κ3) is 2.90. The molecule has 0 aromatic heterocycles. The van der Waals surface area contributed by atoms with E-state index in [1.807, 2.05) is 38.1 Å². The van der Waals surface area contributed by atoms with Gasteiger partial charge in [-0.1, -0.05) is 36.0 Å². The number of hydrogen-bond donors (Lipinski definition) is 2. The van der Waals surface area contributed by atoms with Crippen LogP contribution in [0.2, 0.25) is 0 Å². The van der Waals surface area contributed by atoms with Crippen LogP contribution in [-0.2, 0) is 0 Å². The van der Waals surface area contributed by atoms with Gasteiger partial charge in [0.15, 0.2) is 0 Å². The van der Waals surface area contributed by atoms with Crippen molar-refractivity contribution in [2.45, 2.75) is 13.8 Å². The molecule has 0 aliphatic rings. The molecule has 2 rings (SSSR count). The zero-order valence-corrected chi connectivity index (χ0v) is 11.6. The summed E-state index contributed by atoms with van der Waals surface area (Å²) in [5.74, 6) is -0.297. The quantitative estimate of drug-likeness (QED) is 0.836. The molecule has 0 spiro atoms. The molecule has 2 aromatic carbocycles. The van der Waals surface area contributed by atoms with E-state index in [4.69, 9.17) is 18.0 Å². The molecule has 98 valence electrons. The van der Waals surface area contributed by atoms with E-state index in [-0.39, 0.29) is 5.82 Å². The van der Waals surface area contributed by atoms with Gasteiger partial charge in [0.1, 0.15) is 10.8 Å². The van der Waals surface area contributed by atoms with Crippen LogP contribution in [0.1, 0.15) is 16.7 Å². The molecule has 2 aromatic rings. The second-order valence-electron chi connectivity index (χ2n) is 4.47. The monoisotopic (exact) mass is 274 g/mol. The average Bonchev–Trinajstić information content (AvgIpc) is 2.35. The van der Waals surface area contributed by atoms with E-state index in [0.29, 0.717) is 16.4 Å². The third-order valence-electron chi connectivity index (χ3n) is 2.92. The molecule has 0 saturated heterocycles. The van der Waals surface area contributed by atoms with Crippen molar-refractivity contribution in [2.24, 2.45) is 5.73 Å². The van der Waals surface area contributed by atoms with Crippen LogP contribution in [0.4, 0.5) is 15.8 Å². The maximum atomic E-state index is 13.8. The van der Waals surface area contributed by atoms with E-state index in [1.54, 1.807) is 6.07 Å². The maximum absolute atomic E-state index is 13.8. The van der Waals surface area contributed by atoms with E-state index in [0.717, 1.165) is 16.7 Å². The van der Waals surface area contributed by atoms with Crippen LogP contribution < -0.4 is 11.1 Å². The number of nitrogens with one attached hydrogen (secondary N) is 1. The Balaban J connectivity index is 2.47. The topological polar surface area (TPSA) is 38.0 Å². The van der Waals surface area contributed by atoms with Crippen molar-refractivity contribution in [1.29, 1.82) is 0 Å². The molecule has 0 heterocycles. The summed E-state index contributed by atoms with van der Waals surface area (Å²) in [4.78, 5) is 0.292. The normalized spacial score (nSPS) is 10.3. The van der Waals surface area contributed by atoms with Crippen LogP contribution in [0, 0.1) is 19.7 Å². The minimum absolute atomic E-state index is 0.292. The average molecular weight is 274 g/mol. The van der Waals surface area contributed by atoms with Crippen molar-refractivity contribution in [1.82, 2.24) is 0 Å². The highest BCUT2D eigenvalue weighted by molar-refractivity contribution is 7.80. The highest BCUT2D eigenvalue weighted by atomic mass is 32.1. The number of para-hydroxylation sites is 1.